The highest BCUT2D eigenvalue weighted by atomic mass is 15.1. The van der Waals surface area contributed by atoms with Crippen molar-refractivity contribution < 1.29 is 0 Å². The molecule has 1 heteroatoms. The monoisotopic (exact) mass is 739 g/mol. The van der Waals surface area contributed by atoms with Crippen LogP contribution < -0.4 is 4.90 Å². The number of nitrogens with zero attached hydrogens (tertiary/aromatic N) is 1. The van der Waals surface area contributed by atoms with Crippen molar-refractivity contribution in [3.8, 4) is 44.5 Å². The quantitative estimate of drug-likeness (QED) is 0.154. The van der Waals surface area contributed by atoms with Crippen LogP contribution in [0.1, 0.15) is 25.0 Å². The third-order valence-electron chi connectivity index (χ3n) is 12.5. The smallest absolute Gasteiger partial charge is 0.0540 e. The van der Waals surface area contributed by atoms with Gasteiger partial charge < -0.3 is 4.90 Å². The summed E-state index contributed by atoms with van der Waals surface area (Å²) in [6.45, 7) is 4.70. The highest BCUT2D eigenvalue weighted by Crippen LogP contribution is 2.50. The maximum absolute atomic E-state index is 2.42. The zero-order valence-electron chi connectivity index (χ0n) is 32.7. The van der Waals surface area contributed by atoms with E-state index in [0.717, 1.165) is 17.1 Å². The third kappa shape index (κ3) is 5.54. The van der Waals surface area contributed by atoms with Gasteiger partial charge in [0.05, 0.1) is 5.69 Å². The summed E-state index contributed by atoms with van der Waals surface area (Å²) >= 11 is 0. The van der Waals surface area contributed by atoms with E-state index in [-0.39, 0.29) is 5.41 Å². The van der Waals surface area contributed by atoms with Crippen molar-refractivity contribution in [3.05, 3.63) is 223 Å². The van der Waals surface area contributed by atoms with Crippen molar-refractivity contribution in [1.82, 2.24) is 0 Å². The van der Waals surface area contributed by atoms with Crippen molar-refractivity contribution in [1.29, 1.82) is 0 Å². The number of rotatable bonds is 6. The van der Waals surface area contributed by atoms with Gasteiger partial charge in [-0.1, -0.05) is 178 Å². The van der Waals surface area contributed by atoms with Crippen LogP contribution in [-0.4, -0.2) is 0 Å². The molecule has 0 spiro atoms. The fourth-order valence-electron chi connectivity index (χ4n) is 9.47. The largest absolute Gasteiger partial charge is 0.310 e. The maximum atomic E-state index is 2.42. The van der Waals surface area contributed by atoms with Gasteiger partial charge in [0.15, 0.2) is 0 Å². The molecule has 11 rings (SSSR count). The van der Waals surface area contributed by atoms with E-state index in [1.54, 1.807) is 0 Å². The van der Waals surface area contributed by atoms with E-state index in [4.69, 9.17) is 0 Å². The van der Waals surface area contributed by atoms with Crippen molar-refractivity contribution in [2.24, 2.45) is 0 Å². The standard InChI is InChI=1S/C57H41N/c1-57(2)54-21-11-9-20-51(54)52-34-29-42(37-55(52)57)39-25-30-45(31-26-39)58(56-22-12-10-17-48(56)44-24-23-38-13-3-4-14-41(38)35-44)46-32-27-40(28-33-46)53-36-43-15-5-6-16-47(43)49-18-7-8-19-50(49)53/h3-37H,1-2H3. The first-order chi connectivity index (χ1) is 28.5. The van der Waals surface area contributed by atoms with Gasteiger partial charge in [-0.25, -0.2) is 0 Å². The number of benzene rings is 10. The number of hydrogen-bond acceptors (Lipinski definition) is 1. The lowest BCUT2D eigenvalue weighted by atomic mass is 9.81. The van der Waals surface area contributed by atoms with Gasteiger partial charge in [0.2, 0.25) is 0 Å². The predicted molar refractivity (Wildman–Crippen MR) is 248 cm³/mol. The molecule has 1 aliphatic rings. The Morgan fingerprint density at radius 3 is 1.64 bits per heavy atom. The molecular formula is C57H41N. The lowest BCUT2D eigenvalue weighted by molar-refractivity contribution is 0.660. The van der Waals surface area contributed by atoms with Gasteiger partial charge in [-0.2, -0.15) is 0 Å². The molecule has 0 heterocycles. The maximum Gasteiger partial charge on any atom is 0.0540 e. The highest BCUT2D eigenvalue weighted by Gasteiger charge is 2.35. The first-order valence-corrected chi connectivity index (χ1v) is 20.3. The minimum absolute atomic E-state index is 0.0452. The number of fused-ring (bicyclic) bond motifs is 7. The lowest BCUT2D eigenvalue weighted by Crippen LogP contribution is -2.14. The van der Waals surface area contributed by atoms with Gasteiger partial charge in [0, 0.05) is 22.4 Å². The molecule has 0 aromatic heterocycles. The minimum atomic E-state index is -0.0452. The van der Waals surface area contributed by atoms with Crippen molar-refractivity contribution in [3.63, 3.8) is 0 Å². The summed E-state index contributed by atoms with van der Waals surface area (Å²) in [5.74, 6) is 0. The molecule has 0 radical (unpaired) electrons. The van der Waals surface area contributed by atoms with Crippen LogP contribution >= 0.6 is 0 Å². The molecule has 0 saturated carbocycles. The Labute approximate surface area is 340 Å². The van der Waals surface area contributed by atoms with Gasteiger partial charge in [-0.15, -0.1) is 0 Å². The molecule has 0 saturated heterocycles. The second-order valence-electron chi connectivity index (χ2n) is 16.1. The van der Waals surface area contributed by atoms with Crippen LogP contribution in [0.5, 0.6) is 0 Å². The van der Waals surface area contributed by atoms with Gasteiger partial charge in [0.25, 0.3) is 0 Å². The fraction of sp³-hybridized carbons (Fsp3) is 0.0526. The Hall–Kier alpha value is -7.22. The summed E-state index contributed by atoms with van der Waals surface area (Å²) < 4.78 is 0. The van der Waals surface area contributed by atoms with E-state index in [1.165, 1.54) is 88.0 Å². The van der Waals surface area contributed by atoms with E-state index in [1.807, 2.05) is 0 Å². The molecule has 0 atom stereocenters. The second-order valence-corrected chi connectivity index (χ2v) is 16.1. The summed E-state index contributed by atoms with van der Waals surface area (Å²) in [6, 6.07) is 78.2. The fourth-order valence-corrected chi connectivity index (χ4v) is 9.47. The van der Waals surface area contributed by atoms with Crippen molar-refractivity contribution in [2.45, 2.75) is 19.3 Å². The average Bonchev–Trinajstić information content (AvgIpc) is 3.52. The zero-order valence-corrected chi connectivity index (χ0v) is 32.7. The number of hydrogen-bond donors (Lipinski definition) is 0. The Morgan fingerprint density at radius 1 is 0.310 bits per heavy atom. The molecule has 0 amide bonds. The van der Waals surface area contributed by atoms with Crippen LogP contribution in [0.15, 0.2) is 212 Å². The summed E-state index contributed by atoms with van der Waals surface area (Å²) in [5.41, 5.74) is 16.0. The van der Waals surface area contributed by atoms with Gasteiger partial charge in [-0.05, 0) is 131 Å². The third-order valence-corrected chi connectivity index (χ3v) is 12.5. The minimum Gasteiger partial charge on any atom is -0.310 e. The molecule has 0 aliphatic heterocycles. The normalized spacial score (nSPS) is 12.8. The summed E-state index contributed by atoms with van der Waals surface area (Å²) in [4.78, 5) is 2.42. The van der Waals surface area contributed by atoms with Crippen molar-refractivity contribution >= 4 is 49.4 Å². The molecule has 0 N–H and O–H groups in total. The average molecular weight is 740 g/mol. The van der Waals surface area contributed by atoms with Gasteiger partial charge in [-0.3, -0.25) is 0 Å². The second kappa shape index (κ2) is 13.5. The van der Waals surface area contributed by atoms with Crippen LogP contribution in [0.25, 0.3) is 76.8 Å². The van der Waals surface area contributed by atoms with Gasteiger partial charge in [0.1, 0.15) is 0 Å². The van der Waals surface area contributed by atoms with E-state index in [2.05, 4.69) is 231 Å². The van der Waals surface area contributed by atoms with Crippen molar-refractivity contribution in [2.75, 3.05) is 4.90 Å². The topological polar surface area (TPSA) is 3.24 Å². The first-order valence-electron chi connectivity index (χ1n) is 20.3. The SMILES string of the molecule is CC1(C)c2ccccc2-c2ccc(-c3ccc(N(c4ccc(-c5cc6ccccc6c6ccccc56)cc4)c4ccccc4-c4ccc5ccccc5c4)cc3)cc21. The Bertz CT molecular complexity index is 3190. The van der Waals surface area contributed by atoms with E-state index < -0.39 is 0 Å². The number of para-hydroxylation sites is 1. The molecule has 0 fully saturated rings. The van der Waals surface area contributed by atoms with Crippen LogP contribution in [0.3, 0.4) is 0 Å². The summed E-state index contributed by atoms with van der Waals surface area (Å²) in [5, 5.41) is 7.56. The van der Waals surface area contributed by atoms with Crippen LogP contribution in [0.2, 0.25) is 0 Å². The summed E-state index contributed by atoms with van der Waals surface area (Å²) in [6.07, 6.45) is 0. The van der Waals surface area contributed by atoms with Crippen LogP contribution in [0, 0.1) is 0 Å². The van der Waals surface area contributed by atoms with Gasteiger partial charge >= 0.3 is 0 Å². The predicted octanol–water partition coefficient (Wildman–Crippen LogP) is 15.9. The van der Waals surface area contributed by atoms with Crippen LogP contribution in [0.4, 0.5) is 17.1 Å². The van der Waals surface area contributed by atoms with E-state index >= 15 is 0 Å². The molecule has 274 valence electrons. The number of anilines is 3. The lowest BCUT2D eigenvalue weighted by Gasteiger charge is -2.28. The summed E-state index contributed by atoms with van der Waals surface area (Å²) in [7, 11) is 0. The molecule has 0 unspecified atom stereocenters. The Morgan fingerprint density at radius 2 is 0.862 bits per heavy atom. The van der Waals surface area contributed by atoms with E-state index in [9.17, 15) is 0 Å². The molecule has 0 bridgehead atoms. The highest BCUT2D eigenvalue weighted by molar-refractivity contribution is 6.13. The molecule has 1 aliphatic carbocycles. The van der Waals surface area contributed by atoms with E-state index in [0.29, 0.717) is 0 Å². The molecular weight excluding hydrogens is 699 g/mol. The Kier molecular flexibility index (Phi) is 7.91. The molecule has 1 nitrogen and oxygen atoms in total. The Balaban J connectivity index is 1.03. The first kappa shape index (κ1) is 34.1. The molecule has 10 aromatic rings. The zero-order chi connectivity index (χ0) is 38.8. The molecule has 58 heavy (non-hydrogen) atoms. The molecule has 10 aromatic carbocycles. The van der Waals surface area contributed by atoms with Crippen LogP contribution in [-0.2, 0) is 5.41 Å².